The van der Waals surface area contributed by atoms with E-state index in [1.54, 1.807) is 0 Å². The number of aliphatic hydroxyl groups excluding tert-OH is 2. The average Bonchev–Trinajstić information content (AvgIpc) is 3.12. The maximum Gasteiger partial charge on any atom is 0.126 e. The van der Waals surface area contributed by atoms with E-state index >= 15 is 0 Å². The van der Waals surface area contributed by atoms with Crippen LogP contribution in [-0.4, -0.2) is 52.6 Å². The van der Waals surface area contributed by atoms with Crippen LogP contribution in [-0.2, 0) is 30.9 Å². The molecule has 7 heteroatoms. The van der Waals surface area contributed by atoms with Gasteiger partial charge in [0.25, 0.3) is 0 Å². The summed E-state index contributed by atoms with van der Waals surface area (Å²) in [4.78, 5) is 2.28. The largest absolute Gasteiger partial charge is 0.395 e. The van der Waals surface area contributed by atoms with E-state index in [9.17, 15) is 19.0 Å². The van der Waals surface area contributed by atoms with E-state index in [0.717, 1.165) is 29.2 Å². The Labute approximate surface area is 291 Å². The van der Waals surface area contributed by atoms with Crippen LogP contribution in [0.15, 0.2) is 109 Å². The highest BCUT2D eigenvalue weighted by Crippen LogP contribution is 2.28. The van der Waals surface area contributed by atoms with Crippen molar-refractivity contribution >= 4 is 0 Å². The van der Waals surface area contributed by atoms with Gasteiger partial charge in [0.15, 0.2) is 0 Å². The van der Waals surface area contributed by atoms with Gasteiger partial charge in [-0.2, -0.15) is 0 Å². The van der Waals surface area contributed by atoms with Crippen molar-refractivity contribution < 1.29 is 23.7 Å². The molecule has 1 saturated carbocycles. The molecule has 5 rings (SSSR count). The van der Waals surface area contributed by atoms with Gasteiger partial charge in [-0.15, -0.1) is 0 Å². The molecule has 49 heavy (non-hydrogen) atoms. The molecule has 262 valence electrons. The van der Waals surface area contributed by atoms with Gasteiger partial charge >= 0.3 is 0 Å². The quantitative estimate of drug-likeness (QED) is 0.0950. The zero-order valence-electron chi connectivity index (χ0n) is 28.5. The Morgan fingerprint density at radius 3 is 1.84 bits per heavy atom. The highest BCUT2D eigenvalue weighted by molar-refractivity contribution is 5.22. The molecule has 4 aromatic rings. The van der Waals surface area contributed by atoms with Crippen molar-refractivity contribution in [2.45, 2.75) is 95.4 Å². The molecule has 0 aliphatic heterocycles. The molecule has 1 aliphatic carbocycles. The van der Waals surface area contributed by atoms with Crippen LogP contribution in [0.3, 0.4) is 0 Å². The molecule has 1 aliphatic rings. The average molecular weight is 671 g/mol. The van der Waals surface area contributed by atoms with E-state index in [1.165, 1.54) is 44.2 Å². The fourth-order valence-corrected chi connectivity index (χ4v) is 7.19. The minimum Gasteiger partial charge on any atom is -0.395 e. The molecule has 4 atom stereocenters. The van der Waals surface area contributed by atoms with E-state index in [0.29, 0.717) is 37.5 Å². The van der Waals surface area contributed by atoms with Crippen LogP contribution in [0.2, 0.25) is 0 Å². The molecule has 3 N–H and O–H groups in total. The van der Waals surface area contributed by atoms with Crippen LogP contribution >= 0.6 is 0 Å². The second kappa shape index (κ2) is 19.7. The Kier molecular flexibility index (Phi) is 14.8. The predicted octanol–water partition coefficient (Wildman–Crippen LogP) is 7.84. The summed E-state index contributed by atoms with van der Waals surface area (Å²) in [5.74, 6) is -0.600. The van der Waals surface area contributed by atoms with Crippen LogP contribution in [0.5, 0.6) is 0 Å². The van der Waals surface area contributed by atoms with Crippen molar-refractivity contribution in [3.05, 3.63) is 143 Å². The van der Waals surface area contributed by atoms with Crippen LogP contribution < -0.4 is 5.32 Å². The number of rotatable bonds is 19. The Balaban J connectivity index is 1.47. The zero-order chi connectivity index (χ0) is 34.3. The smallest absolute Gasteiger partial charge is 0.126 e. The first-order valence-electron chi connectivity index (χ1n) is 17.9. The van der Waals surface area contributed by atoms with Gasteiger partial charge in [-0.3, -0.25) is 4.90 Å². The first kappa shape index (κ1) is 36.8. The summed E-state index contributed by atoms with van der Waals surface area (Å²) in [5.41, 5.74) is 3.65. The number of benzene rings is 4. The molecule has 0 aromatic heterocycles. The molecule has 0 unspecified atom stereocenters. The molecule has 0 heterocycles. The van der Waals surface area contributed by atoms with Gasteiger partial charge in [0.05, 0.1) is 31.5 Å². The molecule has 1 fully saturated rings. The Morgan fingerprint density at radius 2 is 1.29 bits per heavy atom. The lowest BCUT2D eigenvalue weighted by atomic mass is 9.85. The number of ether oxygens (including phenoxy) is 1. The second-order valence-corrected chi connectivity index (χ2v) is 13.6. The van der Waals surface area contributed by atoms with E-state index in [1.807, 2.05) is 66.7 Å². The number of nitrogens with one attached hydrogen (secondary N) is 1. The summed E-state index contributed by atoms with van der Waals surface area (Å²) in [6.45, 7) is 1.44. The summed E-state index contributed by atoms with van der Waals surface area (Å²) in [6.07, 6.45) is 7.10. The summed E-state index contributed by atoms with van der Waals surface area (Å²) in [5, 5.41) is 25.5. The van der Waals surface area contributed by atoms with Gasteiger partial charge in [0, 0.05) is 31.7 Å². The summed E-state index contributed by atoms with van der Waals surface area (Å²) >= 11 is 0. The maximum absolute atomic E-state index is 14.6. The van der Waals surface area contributed by atoms with E-state index in [2.05, 4.69) is 34.5 Å². The zero-order valence-corrected chi connectivity index (χ0v) is 28.5. The molecular weight excluding hydrogens is 618 g/mol. The van der Waals surface area contributed by atoms with Gasteiger partial charge in [-0.25, -0.2) is 8.78 Å². The second-order valence-electron chi connectivity index (χ2n) is 13.6. The molecule has 0 amide bonds. The molecule has 0 bridgehead atoms. The van der Waals surface area contributed by atoms with E-state index in [-0.39, 0.29) is 19.6 Å². The number of aliphatic hydroxyl groups is 2. The third-order valence-electron chi connectivity index (χ3n) is 9.80. The van der Waals surface area contributed by atoms with Crippen molar-refractivity contribution in [3.8, 4) is 0 Å². The van der Waals surface area contributed by atoms with Crippen molar-refractivity contribution in [2.24, 2.45) is 5.92 Å². The summed E-state index contributed by atoms with van der Waals surface area (Å²) in [6, 6.07) is 32.8. The van der Waals surface area contributed by atoms with Gasteiger partial charge in [0.1, 0.15) is 11.6 Å². The minimum atomic E-state index is -0.633. The fraction of sp³-hybridized carbons (Fsp3) is 0.429. The lowest BCUT2D eigenvalue weighted by Gasteiger charge is -2.41. The topological polar surface area (TPSA) is 65.0 Å². The third kappa shape index (κ3) is 12.1. The molecule has 0 radical (unpaired) electrons. The molecular formula is C42H52F2N2O3. The lowest BCUT2D eigenvalue weighted by molar-refractivity contribution is -0.0600. The summed E-state index contributed by atoms with van der Waals surface area (Å²) in [7, 11) is 0. The van der Waals surface area contributed by atoms with E-state index in [4.69, 9.17) is 4.74 Å². The third-order valence-corrected chi connectivity index (χ3v) is 9.80. The molecule has 5 nitrogen and oxygen atoms in total. The highest BCUT2D eigenvalue weighted by atomic mass is 19.1. The van der Waals surface area contributed by atoms with Crippen LogP contribution in [0.25, 0.3) is 0 Å². The Morgan fingerprint density at radius 1 is 0.735 bits per heavy atom. The SMILES string of the molecule is OC[C@@H](NC[C@@H](O)CCC1CCCCC1)[C@@H](OCc1ccccc1)[C@H](Cc1cc(F)cc(F)c1)N(Cc1ccccc1)Cc1ccccc1. The Hall–Kier alpha value is -3.46. The van der Waals surface area contributed by atoms with Crippen molar-refractivity contribution in [3.63, 3.8) is 0 Å². The van der Waals surface area contributed by atoms with Gasteiger partial charge in [-0.1, -0.05) is 123 Å². The number of halogens is 2. The molecule has 0 spiro atoms. The van der Waals surface area contributed by atoms with Crippen LogP contribution in [0.1, 0.15) is 67.2 Å². The molecule has 0 saturated heterocycles. The van der Waals surface area contributed by atoms with Crippen LogP contribution in [0, 0.1) is 17.6 Å². The van der Waals surface area contributed by atoms with Crippen molar-refractivity contribution in [1.82, 2.24) is 10.2 Å². The number of hydrogen-bond acceptors (Lipinski definition) is 5. The normalized spacial score (nSPS) is 16.3. The highest BCUT2D eigenvalue weighted by Gasteiger charge is 2.35. The van der Waals surface area contributed by atoms with E-state index < -0.39 is 35.9 Å². The van der Waals surface area contributed by atoms with Crippen molar-refractivity contribution in [1.29, 1.82) is 0 Å². The number of nitrogens with zero attached hydrogens (tertiary/aromatic N) is 1. The predicted molar refractivity (Wildman–Crippen MR) is 192 cm³/mol. The Bertz CT molecular complexity index is 1430. The first-order valence-corrected chi connectivity index (χ1v) is 17.9. The van der Waals surface area contributed by atoms with Gasteiger partial charge in [-0.05, 0) is 59.6 Å². The van der Waals surface area contributed by atoms with Crippen molar-refractivity contribution in [2.75, 3.05) is 13.2 Å². The fourth-order valence-electron chi connectivity index (χ4n) is 7.19. The monoisotopic (exact) mass is 670 g/mol. The van der Waals surface area contributed by atoms with Gasteiger partial charge in [0.2, 0.25) is 0 Å². The minimum absolute atomic E-state index is 0.243. The lowest BCUT2D eigenvalue weighted by Crippen LogP contribution is -2.57. The van der Waals surface area contributed by atoms with Crippen LogP contribution in [0.4, 0.5) is 8.78 Å². The standard InChI is InChI=1S/C42H52F2N2O3/c43-37-23-36(24-38(44)26-37)25-41(46(28-33-15-7-2-8-16-33)29-34-17-9-3-10-18-34)42(49-31-35-19-11-4-12-20-35)40(30-47)45-27-39(48)22-21-32-13-5-1-6-14-32/h2-4,7-12,15-20,23-24,26,32,39-42,45,47-48H,1,5-6,13-14,21-22,25,27-31H2/t39-,40+,41-,42+/m0/s1. The first-order chi connectivity index (χ1) is 24.0. The van der Waals surface area contributed by atoms with Gasteiger partial charge < -0.3 is 20.3 Å². The summed E-state index contributed by atoms with van der Waals surface area (Å²) < 4.78 is 36.0. The molecule has 4 aromatic carbocycles. The number of hydrogen-bond donors (Lipinski definition) is 3. The maximum atomic E-state index is 14.6.